The van der Waals surface area contributed by atoms with Gasteiger partial charge in [0, 0.05) is 12.1 Å². The van der Waals surface area contributed by atoms with E-state index in [9.17, 15) is 19.0 Å². The Morgan fingerprint density at radius 1 is 1.15 bits per heavy atom. The fraction of sp³-hybridized carbons (Fsp3) is 0.429. The molecule has 2 aliphatic carbocycles. The fourth-order valence-electron chi connectivity index (χ4n) is 6.54. The largest absolute Gasteiger partial charge is 0.394 e. The van der Waals surface area contributed by atoms with Gasteiger partial charge in [-0.05, 0) is 48.4 Å². The van der Waals surface area contributed by atoms with E-state index in [0.29, 0.717) is 11.6 Å². The first-order chi connectivity index (χ1) is 18.8. The molecule has 2 unspecified atom stereocenters. The smallest absolute Gasteiger partial charge is 0.197 e. The number of azo groups is 1. The van der Waals surface area contributed by atoms with Crippen LogP contribution in [0.5, 0.6) is 0 Å². The maximum atomic E-state index is 14.7. The van der Waals surface area contributed by atoms with Gasteiger partial charge in [0.15, 0.2) is 11.6 Å². The van der Waals surface area contributed by atoms with Crippen LogP contribution in [0.1, 0.15) is 37.9 Å². The highest BCUT2D eigenvalue weighted by Gasteiger charge is 2.62. The zero-order chi connectivity index (χ0) is 27.4. The van der Waals surface area contributed by atoms with Crippen LogP contribution in [-0.2, 0) is 12.0 Å². The van der Waals surface area contributed by atoms with Gasteiger partial charge in [-0.25, -0.2) is 28.4 Å². The van der Waals surface area contributed by atoms with Crippen molar-refractivity contribution in [1.82, 2.24) is 24.7 Å². The average molecular weight is 532 g/mol. The van der Waals surface area contributed by atoms with E-state index in [4.69, 9.17) is 4.98 Å². The van der Waals surface area contributed by atoms with Crippen molar-refractivity contribution in [2.45, 2.75) is 50.8 Å². The molecule has 11 heteroatoms. The van der Waals surface area contributed by atoms with Crippen molar-refractivity contribution in [3.8, 4) is 23.5 Å². The maximum absolute atomic E-state index is 14.7. The number of rotatable bonds is 6. The molecule has 9 nitrogen and oxygen atoms in total. The summed E-state index contributed by atoms with van der Waals surface area (Å²) >= 11 is 0. The van der Waals surface area contributed by atoms with Crippen LogP contribution >= 0.6 is 0 Å². The van der Waals surface area contributed by atoms with E-state index in [-0.39, 0.29) is 35.1 Å². The lowest BCUT2D eigenvalue weighted by Gasteiger charge is -2.45. The summed E-state index contributed by atoms with van der Waals surface area (Å²) in [5.74, 6) is 5.71. The van der Waals surface area contributed by atoms with Crippen LogP contribution in [0.3, 0.4) is 0 Å². The highest BCUT2D eigenvalue weighted by atomic mass is 19.1. The molecule has 39 heavy (non-hydrogen) atoms. The van der Waals surface area contributed by atoms with Crippen LogP contribution in [0, 0.1) is 40.7 Å². The highest BCUT2D eigenvalue weighted by molar-refractivity contribution is 5.66. The van der Waals surface area contributed by atoms with E-state index in [1.54, 1.807) is 12.3 Å². The Bertz CT molecular complexity index is 1540. The molecule has 2 aromatic heterocycles. The number of hydrogen-bond donors (Lipinski definition) is 2. The predicted molar refractivity (Wildman–Crippen MR) is 137 cm³/mol. The molecular formula is C28H27F2N7O2. The third-order valence-electron chi connectivity index (χ3n) is 8.57. The van der Waals surface area contributed by atoms with Gasteiger partial charge in [-0.3, -0.25) is 0 Å². The lowest BCUT2D eigenvalue weighted by atomic mass is 9.59. The predicted octanol–water partition coefficient (Wildman–Crippen LogP) is 3.55. The van der Waals surface area contributed by atoms with Crippen LogP contribution < -0.4 is 0 Å². The number of hydrogen-bond acceptors (Lipinski definition) is 8. The third-order valence-corrected chi connectivity index (χ3v) is 8.57. The van der Waals surface area contributed by atoms with Crippen molar-refractivity contribution in [3.05, 3.63) is 65.8 Å². The van der Waals surface area contributed by atoms with Crippen LogP contribution in [-0.4, -0.2) is 53.7 Å². The van der Waals surface area contributed by atoms with Gasteiger partial charge in [0.2, 0.25) is 0 Å². The first-order valence-corrected chi connectivity index (χ1v) is 12.8. The molecule has 1 fully saturated rings. The van der Waals surface area contributed by atoms with Gasteiger partial charge >= 0.3 is 0 Å². The second-order valence-corrected chi connectivity index (χ2v) is 10.8. The fourth-order valence-corrected chi connectivity index (χ4v) is 6.54. The first kappa shape index (κ1) is 25.4. The first-order valence-electron chi connectivity index (χ1n) is 12.8. The average Bonchev–Trinajstić information content (AvgIpc) is 3.45. The minimum Gasteiger partial charge on any atom is -0.394 e. The van der Waals surface area contributed by atoms with Crippen molar-refractivity contribution >= 4 is 5.70 Å². The number of halogens is 2. The molecule has 0 radical (unpaired) electrons. The van der Waals surface area contributed by atoms with Gasteiger partial charge < -0.3 is 10.2 Å². The lowest BCUT2D eigenvalue weighted by Crippen LogP contribution is -2.48. The Morgan fingerprint density at radius 2 is 1.95 bits per heavy atom. The molecule has 1 aliphatic heterocycles. The zero-order valence-electron chi connectivity index (χ0n) is 21.5. The van der Waals surface area contributed by atoms with Crippen molar-refractivity contribution in [1.29, 1.82) is 0 Å². The summed E-state index contributed by atoms with van der Waals surface area (Å²) in [6, 6.07) is 4.99. The molecule has 0 spiro atoms. The minimum atomic E-state index is -1.01. The number of aliphatic hydroxyl groups is 2. The lowest BCUT2D eigenvalue weighted by molar-refractivity contribution is 0.0786. The Balaban J connectivity index is 1.47. The number of aromatic nitrogens is 5. The van der Waals surface area contributed by atoms with Crippen LogP contribution in [0.4, 0.5) is 8.78 Å². The monoisotopic (exact) mass is 531 g/mol. The summed E-state index contributed by atoms with van der Waals surface area (Å²) in [6.45, 7) is 3.94. The SMILES string of the molecule is CC1(C)[C@H]2CC[C@]1(c1ccnc(-c3ncnn3C[C@@H](O)CO)n1)C1C#CC2/C=C(c2c(F)cccc2F)\N=N/1. The van der Waals surface area contributed by atoms with Gasteiger partial charge in [0.05, 0.1) is 41.6 Å². The van der Waals surface area contributed by atoms with Gasteiger partial charge in [0.1, 0.15) is 24.0 Å². The van der Waals surface area contributed by atoms with Gasteiger partial charge in [-0.15, -0.1) is 0 Å². The van der Waals surface area contributed by atoms with Gasteiger partial charge in [0.25, 0.3) is 0 Å². The van der Waals surface area contributed by atoms with Crippen molar-refractivity contribution < 1.29 is 19.0 Å². The topological polar surface area (TPSA) is 122 Å². The summed E-state index contributed by atoms with van der Waals surface area (Å²) in [5.41, 5.74) is -0.382. The molecule has 3 aliphatic rings. The summed E-state index contributed by atoms with van der Waals surface area (Å²) in [5, 5.41) is 32.4. The van der Waals surface area contributed by atoms with Crippen molar-refractivity contribution in [3.63, 3.8) is 0 Å². The van der Waals surface area contributed by atoms with E-state index in [0.717, 1.165) is 18.5 Å². The van der Waals surface area contributed by atoms with Crippen molar-refractivity contribution in [2.75, 3.05) is 6.61 Å². The van der Waals surface area contributed by atoms with Gasteiger partial charge in [-0.1, -0.05) is 31.8 Å². The molecule has 1 saturated carbocycles. The Morgan fingerprint density at radius 3 is 2.72 bits per heavy atom. The zero-order valence-corrected chi connectivity index (χ0v) is 21.5. The van der Waals surface area contributed by atoms with Gasteiger partial charge in [-0.2, -0.15) is 15.3 Å². The van der Waals surface area contributed by atoms with E-state index in [1.165, 1.54) is 29.2 Å². The molecule has 3 heterocycles. The van der Waals surface area contributed by atoms with Crippen LogP contribution in [0.25, 0.3) is 17.3 Å². The molecule has 2 N–H and O–H groups in total. The normalized spacial score (nSPS) is 29.4. The molecule has 0 amide bonds. The van der Waals surface area contributed by atoms with Crippen LogP contribution in [0.2, 0.25) is 0 Å². The molecule has 4 bridgehead atoms. The maximum Gasteiger partial charge on any atom is 0.197 e. The number of allylic oxidation sites excluding steroid dienone is 1. The van der Waals surface area contributed by atoms with Crippen LogP contribution in [0.15, 0.2) is 53.1 Å². The summed E-state index contributed by atoms with van der Waals surface area (Å²) < 4.78 is 30.9. The Kier molecular flexibility index (Phi) is 6.12. The van der Waals surface area contributed by atoms with Crippen molar-refractivity contribution in [2.24, 2.45) is 27.5 Å². The number of nitrogens with zero attached hydrogens (tertiary/aromatic N) is 7. The highest BCUT2D eigenvalue weighted by Crippen LogP contribution is 2.63. The summed E-state index contributed by atoms with van der Waals surface area (Å²) in [7, 11) is 0. The number of fused-ring (bicyclic) bond motifs is 6. The second kappa shape index (κ2) is 9.39. The van der Waals surface area contributed by atoms with E-state index < -0.39 is 35.8 Å². The molecule has 200 valence electrons. The molecule has 1 aromatic carbocycles. The molecule has 6 rings (SSSR count). The number of benzene rings is 1. The molecule has 0 saturated heterocycles. The van der Waals surface area contributed by atoms with E-state index in [2.05, 4.69) is 51.0 Å². The minimum absolute atomic E-state index is 0.0309. The quantitative estimate of drug-likeness (QED) is 0.469. The van der Waals surface area contributed by atoms with E-state index >= 15 is 0 Å². The molecular weight excluding hydrogens is 504 g/mol. The third kappa shape index (κ3) is 3.89. The standard InChI is InChI=1S/C28H27F2N7O2/c1-27(2)18-8-10-28(27,22-9-11-31-25(34-22)26-32-15-33-37(26)13-17(39)14-38)23-7-6-16(18)12-21(35-36-23)24-19(29)4-3-5-20(24)30/h3-5,9,11-12,15-18,23,38-39H,8,10,13-14H2,1-2H3/b21-12-,36-35-/t16?,17-,18+,23?,28+/m1/s1. The number of aliphatic hydroxyl groups excluding tert-OH is 2. The Labute approximate surface area is 223 Å². The van der Waals surface area contributed by atoms with E-state index in [1.807, 2.05) is 6.07 Å². The summed E-state index contributed by atoms with van der Waals surface area (Å²) in [4.78, 5) is 13.7. The summed E-state index contributed by atoms with van der Waals surface area (Å²) in [6.07, 6.45) is 5.30. The molecule has 3 aromatic rings. The Hall–Kier alpha value is -3.88. The molecule has 5 atom stereocenters. The second-order valence-electron chi connectivity index (χ2n) is 10.8.